The van der Waals surface area contributed by atoms with Crippen LogP contribution in [0.1, 0.15) is 39.5 Å². The second-order valence-electron chi connectivity index (χ2n) is 4.78. The van der Waals surface area contributed by atoms with Crippen LogP contribution in [0, 0.1) is 11.8 Å². The molecule has 0 aromatic rings. The molecule has 0 saturated heterocycles. The first-order chi connectivity index (χ1) is 7.58. The van der Waals surface area contributed by atoms with Gasteiger partial charge >= 0.3 is 11.9 Å². The summed E-state index contributed by atoms with van der Waals surface area (Å²) in [6, 6.07) is 0. The maximum absolute atomic E-state index is 10.9. The van der Waals surface area contributed by atoms with Gasteiger partial charge in [-0.1, -0.05) is 0 Å². The number of ether oxygens (including phenoxy) is 2. The Morgan fingerprint density at radius 3 is 1.50 bits per heavy atom. The Morgan fingerprint density at radius 1 is 0.812 bits per heavy atom. The summed E-state index contributed by atoms with van der Waals surface area (Å²) in [5.41, 5.74) is 0. The summed E-state index contributed by atoms with van der Waals surface area (Å²) < 4.78 is 10.6. The molecule has 0 aromatic heterocycles. The summed E-state index contributed by atoms with van der Waals surface area (Å²) in [6.07, 6.45) is 3.91. The molecule has 4 nitrogen and oxygen atoms in total. The average molecular weight is 226 g/mol. The molecule has 0 spiro atoms. The second kappa shape index (κ2) is 4.44. The Bertz CT molecular complexity index is 269. The number of hydrogen-bond donors (Lipinski definition) is 0. The van der Waals surface area contributed by atoms with E-state index in [9.17, 15) is 9.59 Å². The molecular weight excluding hydrogens is 208 g/mol. The molecule has 2 rings (SSSR count). The smallest absolute Gasteiger partial charge is 0.302 e. The molecule has 2 saturated carbocycles. The van der Waals surface area contributed by atoms with Gasteiger partial charge in [-0.25, -0.2) is 0 Å². The van der Waals surface area contributed by atoms with Gasteiger partial charge in [0.1, 0.15) is 12.2 Å². The standard InChI is InChI=1S/C12H18O4/c1-7(13)15-11-5-3-10-9(11)4-6-12(10)16-8(2)14/h9-12H,3-6H2,1-2H3/t9-,10-,11?,12?/m0/s1. The molecule has 2 unspecified atom stereocenters. The topological polar surface area (TPSA) is 52.6 Å². The number of carbonyl (C=O) groups excluding carboxylic acids is 2. The van der Waals surface area contributed by atoms with Crippen LogP contribution in [0.3, 0.4) is 0 Å². The number of fused-ring (bicyclic) bond motifs is 1. The van der Waals surface area contributed by atoms with Crippen molar-refractivity contribution in [2.75, 3.05) is 0 Å². The number of esters is 2. The van der Waals surface area contributed by atoms with Gasteiger partial charge in [-0.2, -0.15) is 0 Å². The van der Waals surface area contributed by atoms with E-state index < -0.39 is 0 Å². The monoisotopic (exact) mass is 226 g/mol. The highest BCUT2D eigenvalue weighted by Crippen LogP contribution is 2.46. The van der Waals surface area contributed by atoms with Crippen molar-refractivity contribution in [1.82, 2.24) is 0 Å². The van der Waals surface area contributed by atoms with Crippen LogP contribution in [0.5, 0.6) is 0 Å². The van der Waals surface area contributed by atoms with Crippen molar-refractivity contribution in [3.8, 4) is 0 Å². The fourth-order valence-corrected chi connectivity index (χ4v) is 3.21. The third-order valence-electron chi connectivity index (χ3n) is 3.71. The first kappa shape index (κ1) is 11.4. The Hall–Kier alpha value is -1.06. The molecule has 4 heteroatoms. The van der Waals surface area contributed by atoms with Crippen molar-refractivity contribution < 1.29 is 19.1 Å². The van der Waals surface area contributed by atoms with E-state index >= 15 is 0 Å². The summed E-state index contributed by atoms with van der Waals surface area (Å²) in [6.45, 7) is 2.90. The summed E-state index contributed by atoms with van der Waals surface area (Å²) >= 11 is 0. The molecule has 2 aliphatic carbocycles. The highest BCUT2D eigenvalue weighted by atomic mass is 16.6. The van der Waals surface area contributed by atoms with Crippen molar-refractivity contribution in [3.05, 3.63) is 0 Å². The first-order valence-electron chi connectivity index (χ1n) is 5.92. The van der Waals surface area contributed by atoms with E-state index in [1.54, 1.807) is 0 Å². The van der Waals surface area contributed by atoms with E-state index in [1.165, 1.54) is 13.8 Å². The zero-order valence-corrected chi connectivity index (χ0v) is 9.77. The van der Waals surface area contributed by atoms with Crippen molar-refractivity contribution in [3.63, 3.8) is 0 Å². The van der Waals surface area contributed by atoms with Crippen molar-refractivity contribution in [2.24, 2.45) is 11.8 Å². The summed E-state index contributed by atoms with van der Waals surface area (Å²) in [5, 5.41) is 0. The van der Waals surface area contributed by atoms with Crippen molar-refractivity contribution >= 4 is 11.9 Å². The van der Waals surface area contributed by atoms with Gasteiger partial charge in [0.2, 0.25) is 0 Å². The van der Waals surface area contributed by atoms with Gasteiger partial charge in [-0.15, -0.1) is 0 Å². The molecule has 0 radical (unpaired) electrons. The molecule has 0 aromatic carbocycles. The summed E-state index contributed by atoms with van der Waals surface area (Å²) in [7, 11) is 0. The lowest BCUT2D eigenvalue weighted by Crippen LogP contribution is -2.25. The number of hydrogen-bond acceptors (Lipinski definition) is 4. The van der Waals surface area contributed by atoms with Crippen molar-refractivity contribution in [2.45, 2.75) is 51.7 Å². The predicted molar refractivity (Wildman–Crippen MR) is 56.6 cm³/mol. The molecule has 16 heavy (non-hydrogen) atoms. The van der Waals surface area contributed by atoms with E-state index in [4.69, 9.17) is 9.47 Å². The van der Waals surface area contributed by atoms with Gasteiger partial charge in [-0.05, 0) is 25.7 Å². The van der Waals surface area contributed by atoms with Gasteiger partial charge in [0.25, 0.3) is 0 Å². The second-order valence-corrected chi connectivity index (χ2v) is 4.78. The van der Waals surface area contributed by atoms with Crippen LogP contribution in [-0.2, 0) is 19.1 Å². The fourth-order valence-electron chi connectivity index (χ4n) is 3.21. The van der Waals surface area contributed by atoms with Crippen LogP contribution in [0.25, 0.3) is 0 Å². The highest BCUT2D eigenvalue weighted by molar-refractivity contribution is 5.66. The molecule has 0 N–H and O–H groups in total. The Labute approximate surface area is 95.3 Å². The Kier molecular flexibility index (Phi) is 3.17. The molecular formula is C12H18O4. The van der Waals surface area contributed by atoms with E-state index in [0.29, 0.717) is 11.8 Å². The minimum absolute atomic E-state index is 0.0445. The predicted octanol–water partition coefficient (Wildman–Crippen LogP) is 1.67. The Morgan fingerprint density at radius 2 is 1.19 bits per heavy atom. The van der Waals surface area contributed by atoms with Gasteiger partial charge in [0.15, 0.2) is 0 Å². The van der Waals surface area contributed by atoms with Crippen LogP contribution in [-0.4, -0.2) is 24.1 Å². The number of carbonyl (C=O) groups is 2. The largest absolute Gasteiger partial charge is 0.462 e. The van der Waals surface area contributed by atoms with Gasteiger partial charge in [0.05, 0.1) is 0 Å². The lowest BCUT2D eigenvalue weighted by Gasteiger charge is -2.20. The maximum Gasteiger partial charge on any atom is 0.302 e. The molecule has 0 aliphatic heterocycles. The van der Waals surface area contributed by atoms with Crippen LogP contribution in [0.4, 0.5) is 0 Å². The van der Waals surface area contributed by atoms with Crippen LogP contribution in [0.2, 0.25) is 0 Å². The first-order valence-corrected chi connectivity index (χ1v) is 5.92. The fraction of sp³-hybridized carbons (Fsp3) is 0.833. The lowest BCUT2D eigenvalue weighted by molar-refractivity contribution is -0.150. The zero-order valence-electron chi connectivity index (χ0n) is 9.77. The highest BCUT2D eigenvalue weighted by Gasteiger charge is 2.47. The molecule has 4 atom stereocenters. The molecule has 0 amide bonds. The lowest BCUT2D eigenvalue weighted by atomic mass is 9.98. The Balaban J connectivity index is 1.95. The molecule has 90 valence electrons. The third kappa shape index (κ3) is 2.20. The van der Waals surface area contributed by atoms with Crippen LogP contribution < -0.4 is 0 Å². The summed E-state index contributed by atoms with van der Waals surface area (Å²) in [4.78, 5) is 21.9. The quantitative estimate of drug-likeness (QED) is 0.672. The zero-order chi connectivity index (χ0) is 11.7. The molecule has 0 bridgehead atoms. The number of rotatable bonds is 2. The third-order valence-corrected chi connectivity index (χ3v) is 3.71. The average Bonchev–Trinajstić information content (AvgIpc) is 2.70. The molecule has 2 aliphatic rings. The van der Waals surface area contributed by atoms with Gasteiger partial charge in [0, 0.05) is 25.7 Å². The maximum atomic E-state index is 10.9. The molecule has 0 heterocycles. The minimum atomic E-state index is -0.207. The van der Waals surface area contributed by atoms with Crippen molar-refractivity contribution in [1.29, 1.82) is 0 Å². The van der Waals surface area contributed by atoms with Crippen LogP contribution >= 0.6 is 0 Å². The van der Waals surface area contributed by atoms with E-state index in [2.05, 4.69) is 0 Å². The SMILES string of the molecule is CC(=O)OC1CC[C@@H]2C(OC(C)=O)CC[C@H]12. The summed E-state index contributed by atoms with van der Waals surface area (Å²) in [5.74, 6) is 0.379. The van der Waals surface area contributed by atoms with Crippen LogP contribution in [0.15, 0.2) is 0 Å². The van der Waals surface area contributed by atoms with E-state index in [1.807, 2.05) is 0 Å². The normalized spacial score (nSPS) is 36.9. The van der Waals surface area contributed by atoms with Gasteiger partial charge in [-0.3, -0.25) is 9.59 Å². The van der Waals surface area contributed by atoms with E-state index in [0.717, 1.165) is 25.7 Å². The van der Waals surface area contributed by atoms with E-state index in [-0.39, 0.29) is 24.1 Å². The molecule has 2 fully saturated rings. The van der Waals surface area contributed by atoms with Gasteiger partial charge < -0.3 is 9.47 Å². The minimum Gasteiger partial charge on any atom is -0.462 e.